The molecule has 0 aliphatic carbocycles. The molecule has 0 fully saturated rings. The lowest BCUT2D eigenvalue weighted by Crippen LogP contribution is -2.55. The van der Waals surface area contributed by atoms with Gasteiger partial charge in [0.05, 0.1) is 12.3 Å². The second-order valence-electron chi connectivity index (χ2n) is 5.24. The summed E-state index contributed by atoms with van der Waals surface area (Å²) >= 11 is 5.07. The van der Waals surface area contributed by atoms with E-state index in [2.05, 4.69) is 4.99 Å². The average molecular weight is 419 g/mol. The van der Waals surface area contributed by atoms with Crippen molar-refractivity contribution >= 4 is 39.8 Å². The number of rotatable bonds is 5. The van der Waals surface area contributed by atoms with Gasteiger partial charge in [0.15, 0.2) is 10.1 Å². The number of thiocarbonyl (C=S) groups is 1. The summed E-state index contributed by atoms with van der Waals surface area (Å²) in [5, 5.41) is -2.50. The molecule has 2 rings (SSSR count). The van der Waals surface area contributed by atoms with Gasteiger partial charge in [0.2, 0.25) is 0 Å². The standard InChI is InChI=1S/C15H12F7NOS2/c1-2-24-11(25)7-10-8-5-3-4-6-9(8)23-12(26-10)13(16,17)14(18,19)15(20,21)22/h3-6,10H,2,7H2,1H3. The lowest BCUT2D eigenvalue weighted by Gasteiger charge is -2.32. The number of para-hydroxylation sites is 1. The molecule has 1 aromatic rings. The fourth-order valence-corrected chi connectivity index (χ4v) is 3.82. The summed E-state index contributed by atoms with van der Waals surface area (Å²) in [5.41, 5.74) is 0.289. The Labute approximate surface area is 153 Å². The van der Waals surface area contributed by atoms with Crippen LogP contribution >= 0.6 is 24.0 Å². The van der Waals surface area contributed by atoms with Crippen LogP contribution in [0.1, 0.15) is 24.2 Å². The molecule has 1 aliphatic heterocycles. The zero-order chi connectivity index (χ0) is 19.8. The molecule has 1 unspecified atom stereocenters. The molecule has 0 spiro atoms. The van der Waals surface area contributed by atoms with Gasteiger partial charge >= 0.3 is 18.0 Å². The molecule has 1 atom stereocenters. The fourth-order valence-electron chi connectivity index (χ4n) is 2.18. The second-order valence-corrected chi connectivity index (χ2v) is 6.88. The van der Waals surface area contributed by atoms with E-state index in [-0.39, 0.29) is 35.5 Å². The summed E-state index contributed by atoms with van der Waals surface area (Å²) in [7, 11) is 0. The highest BCUT2D eigenvalue weighted by atomic mass is 32.2. The van der Waals surface area contributed by atoms with Crippen LogP contribution in [0.4, 0.5) is 36.4 Å². The summed E-state index contributed by atoms with van der Waals surface area (Å²) in [6, 6.07) is 5.75. The number of alkyl halides is 7. The molecule has 0 aromatic heterocycles. The molecule has 0 saturated heterocycles. The maximum Gasteiger partial charge on any atom is 0.460 e. The zero-order valence-electron chi connectivity index (χ0n) is 13.1. The number of aliphatic imine (C=N–C) groups is 1. The Morgan fingerprint density at radius 1 is 1.15 bits per heavy atom. The normalized spacial score (nSPS) is 18.2. The molecular formula is C15H12F7NOS2. The average Bonchev–Trinajstić information content (AvgIpc) is 2.53. The third-order valence-electron chi connectivity index (χ3n) is 3.44. The number of hydrogen-bond acceptors (Lipinski definition) is 4. The Morgan fingerprint density at radius 3 is 2.35 bits per heavy atom. The van der Waals surface area contributed by atoms with Crippen LogP contribution in [0.3, 0.4) is 0 Å². The van der Waals surface area contributed by atoms with Gasteiger partial charge in [-0.3, -0.25) is 0 Å². The Balaban J connectivity index is 2.45. The Morgan fingerprint density at radius 2 is 1.77 bits per heavy atom. The van der Waals surface area contributed by atoms with E-state index in [1.165, 1.54) is 18.2 Å². The van der Waals surface area contributed by atoms with Gasteiger partial charge in [0.25, 0.3) is 0 Å². The third kappa shape index (κ3) is 3.83. The molecule has 0 N–H and O–H groups in total. The number of thioether (sulfide) groups is 1. The number of halogens is 7. The van der Waals surface area contributed by atoms with Gasteiger partial charge < -0.3 is 4.74 Å². The monoisotopic (exact) mass is 419 g/mol. The topological polar surface area (TPSA) is 21.6 Å². The minimum absolute atomic E-state index is 0.0342. The van der Waals surface area contributed by atoms with Crippen LogP contribution < -0.4 is 0 Å². The van der Waals surface area contributed by atoms with Crippen molar-refractivity contribution < 1.29 is 35.5 Å². The molecule has 1 heterocycles. The van der Waals surface area contributed by atoms with Crippen LogP contribution in [-0.4, -0.2) is 34.7 Å². The highest BCUT2D eigenvalue weighted by molar-refractivity contribution is 8.14. The first-order chi connectivity index (χ1) is 11.9. The maximum absolute atomic E-state index is 14.1. The lowest BCUT2D eigenvalue weighted by atomic mass is 10.1. The summed E-state index contributed by atoms with van der Waals surface area (Å²) in [4.78, 5) is 3.37. The van der Waals surface area contributed by atoms with Crippen LogP contribution in [0, 0.1) is 0 Å². The van der Waals surface area contributed by atoms with Crippen molar-refractivity contribution in [1.29, 1.82) is 0 Å². The summed E-state index contributed by atoms with van der Waals surface area (Å²) < 4.78 is 97.2. The van der Waals surface area contributed by atoms with Gasteiger partial charge in [-0.25, -0.2) is 4.99 Å². The number of fused-ring (bicyclic) bond motifs is 1. The third-order valence-corrected chi connectivity index (χ3v) is 5.00. The summed E-state index contributed by atoms with van der Waals surface area (Å²) in [6.45, 7) is 1.85. The van der Waals surface area contributed by atoms with Crippen molar-refractivity contribution in [3.63, 3.8) is 0 Å². The van der Waals surface area contributed by atoms with E-state index < -0.39 is 28.3 Å². The van der Waals surface area contributed by atoms with Crippen LogP contribution in [0.25, 0.3) is 0 Å². The van der Waals surface area contributed by atoms with E-state index in [4.69, 9.17) is 17.0 Å². The van der Waals surface area contributed by atoms with Gasteiger partial charge in [0.1, 0.15) is 0 Å². The molecule has 1 aromatic carbocycles. The van der Waals surface area contributed by atoms with E-state index in [0.29, 0.717) is 5.56 Å². The quantitative estimate of drug-likeness (QED) is 0.426. The SMILES string of the molecule is CCOC(=S)CC1SC(C(F)(F)C(F)(F)C(F)(F)F)=Nc2ccccc21. The molecule has 0 radical (unpaired) electrons. The zero-order valence-corrected chi connectivity index (χ0v) is 14.8. The van der Waals surface area contributed by atoms with Crippen LogP contribution in [0.15, 0.2) is 29.3 Å². The number of nitrogens with zero attached hydrogens (tertiary/aromatic N) is 1. The van der Waals surface area contributed by atoms with Gasteiger partial charge in [-0.2, -0.15) is 30.7 Å². The smallest absolute Gasteiger partial charge is 0.460 e. The molecule has 26 heavy (non-hydrogen) atoms. The number of benzene rings is 1. The first-order valence-corrected chi connectivity index (χ1v) is 8.53. The Bertz CT molecular complexity index is 718. The van der Waals surface area contributed by atoms with E-state index in [1.54, 1.807) is 13.0 Å². The molecule has 1 aliphatic rings. The molecule has 0 saturated carbocycles. The van der Waals surface area contributed by atoms with Crippen molar-refractivity contribution in [3.8, 4) is 0 Å². The van der Waals surface area contributed by atoms with E-state index >= 15 is 0 Å². The molecule has 0 amide bonds. The largest absolute Gasteiger partial charge is 0.487 e. The van der Waals surface area contributed by atoms with Gasteiger partial charge in [0, 0.05) is 11.7 Å². The molecule has 11 heteroatoms. The van der Waals surface area contributed by atoms with E-state index in [1.807, 2.05) is 0 Å². The summed E-state index contributed by atoms with van der Waals surface area (Å²) in [5.74, 6) is -11.8. The Kier molecular flexibility index (Phi) is 5.91. The minimum Gasteiger partial charge on any atom is -0.487 e. The van der Waals surface area contributed by atoms with Crippen LogP contribution in [0.5, 0.6) is 0 Å². The van der Waals surface area contributed by atoms with Crippen LogP contribution in [0.2, 0.25) is 0 Å². The van der Waals surface area contributed by atoms with Gasteiger partial charge in [-0.05, 0) is 30.8 Å². The molecule has 144 valence electrons. The molecule has 0 bridgehead atoms. The number of ether oxygens (including phenoxy) is 1. The van der Waals surface area contributed by atoms with E-state index in [0.717, 1.165) is 0 Å². The minimum atomic E-state index is -6.42. The summed E-state index contributed by atoms with van der Waals surface area (Å²) in [6.07, 6.45) is -6.54. The predicted molar refractivity (Wildman–Crippen MR) is 88.7 cm³/mol. The predicted octanol–water partition coefficient (Wildman–Crippen LogP) is 6.09. The van der Waals surface area contributed by atoms with Crippen LogP contribution in [-0.2, 0) is 4.74 Å². The van der Waals surface area contributed by atoms with Gasteiger partial charge in [-0.1, -0.05) is 30.0 Å². The highest BCUT2D eigenvalue weighted by Crippen LogP contribution is 2.53. The van der Waals surface area contributed by atoms with E-state index in [9.17, 15) is 30.7 Å². The van der Waals surface area contributed by atoms with Crippen molar-refractivity contribution in [2.45, 2.75) is 36.6 Å². The molecule has 2 nitrogen and oxygen atoms in total. The van der Waals surface area contributed by atoms with Crippen molar-refractivity contribution in [2.75, 3.05) is 6.61 Å². The number of hydrogen-bond donors (Lipinski definition) is 0. The lowest BCUT2D eigenvalue weighted by molar-refractivity contribution is -0.335. The second kappa shape index (κ2) is 7.34. The maximum atomic E-state index is 14.1. The van der Waals surface area contributed by atoms with Crippen molar-refractivity contribution in [2.24, 2.45) is 4.99 Å². The van der Waals surface area contributed by atoms with Gasteiger partial charge in [-0.15, -0.1) is 0 Å². The highest BCUT2D eigenvalue weighted by Gasteiger charge is 2.75. The van der Waals surface area contributed by atoms with Crippen molar-refractivity contribution in [3.05, 3.63) is 29.8 Å². The first-order valence-electron chi connectivity index (χ1n) is 7.24. The molecular weight excluding hydrogens is 407 g/mol. The Hall–Kier alpha value is -1.36. The first kappa shape index (κ1) is 20.9. The fraction of sp³-hybridized carbons (Fsp3) is 0.467. The van der Waals surface area contributed by atoms with Crippen molar-refractivity contribution in [1.82, 2.24) is 0 Å².